The zero-order valence-electron chi connectivity index (χ0n) is 9.56. The molecule has 0 saturated heterocycles. The van der Waals surface area contributed by atoms with Crippen LogP contribution in [0.1, 0.15) is 12.0 Å². The number of benzene rings is 1. The molecule has 0 spiro atoms. The molecule has 3 heteroatoms. The van der Waals surface area contributed by atoms with Gasteiger partial charge in [-0.1, -0.05) is 18.2 Å². The molecule has 0 aromatic heterocycles. The lowest BCUT2D eigenvalue weighted by Crippen LogP contribution is -2.11. The van der Waals surface area contributed by atoms with Gasteiger partial charge in [-0.3, -0.25) is 0 Å². The first-order valence-electron chi connectivity index (χ1n) is 5.28. The lowest BCUT2D eigenvalue weighted by Gasteiger charge is -2.12. The van der Waals surface area contributed by atoms with Crippen LogP contribution in [0.15, 0.2) is 36.9 Å². The van der Waals surface area contributed by atoms with Crippen LogP contribution in [0.25, 0.3) is 0 Å². The normalized spacial score (nSPS) is 12.1. The molecule has 1 aromatic rings. The molecule has 0 fully saturated rings. The molecule has 1 atom stereocenters. The van der Waals surface area contributed by atoms with Crippen molar-refractivity contribution in [3.63, 3.8) is 0 Å². The van der Waals surface area contributed by atoms with Crippen LogP contribution in [0.2, 0.25) is 0 Å². The topological polar surface area (TPSA) is 38.7 Å². The van der Waals surface area contributed by atoms with Crippen molar-refractivity contribution in [1.29, 1.82) is 0 Å². The van der Waals surface area contributed by atoms with Gasteiger partial charge in [0.05, 0.1) is 19.8 Å². The van der Waals surface area contributed by atoms with Crippen molar-refractivity contribution in [1.82, 2.24) is 0 Å². The summed E-state index contributed by atoms with van der Waals surface area (Å²) >= 11 is 0. The van der Waals surface area contributed by atoms with Crippen molar-refractivity contribution in [3.05, 3.63) is 42.5 Å². The third kappa shape index (κ3) is 4.04. The highest BCUT2D eigenvalue weighted by Gasteiger charge is 2.03. The first-order chi connectivity index (χ1) is 7.80. The minimum absolute atomic E-state index is 0.0906. The number of hydrogen-bond acceptors (Lipinski definition) is 3. The van der Waals surface area contributed by atoms with E-state index >= 15 is 0 Å². The first kappa shape index (κ1) is 12.7. The van der Waals surface area contributed by atoms with Crippen molar-refractivity contribution < 1.29 is 14.6 Å². The lowest BCUT2D eigenvalue weighted by atomic mass is 10.2. The standard InChI is InChI=1S/C13H18O3/c1-3-12(8-9-14)16-10-11-4-6-13(15-2)7-5-11/h3-7,12,14H,1,8-10H2,2H3/t12-/m1/s1. The molecule has 0 aliphatic carbocycles. The zero-order valence-corrected chi connectivity index (χ0v) is 9.56. The molecule has 0 saturated carbocycles. The molecule has 88 valence electrons. The van der Waals surface area contributed by atoms with Crippen molar-refractivity contribution >= 4 is 0 Å². The molecule has 16 heavy (non-hydrogen) atoms. The first-order valence-corrected chi connectivity index (χ1v) is 5.28. The van der Waals surface area contributed by atoms with E-state index in [4.69, 9.17) is 14.6 Å². The van der Waals surface area contributed by atoms with Crippen LogP contribution in [0.4, 0.5) is 0 Å². The smallest absolute Gasteiger partial charge is 0.118 e. The Kier molecular flexibility index (Phi) is 5.61. The minimum Gasteiger partial charge on any atom is -0.497 e. The molecule has 1 rings (SSSR count). The average Bonchev–Trinajstić information content (AvgIpc) is 2.35. The maximum atomic E-state index is 8.79. The quantitative estimate of drug-likeness (QED) is 0.718. The summed E-state index contributed by atoms with van der Waals surface area (Å²) in [7, 11) is 1.64. The summed E-state index contributed by atoms with van der Waals surface area (Å²) < 4.78 is 10.6. The van der Waals surface area contributed by atoms with Gasteiger partial charge in [-0.25, -0.2) is 0 Å². The third-order valence-electron chi connectivity index (χ3n) is 2.30. The summed E-state index contributed by atoms with van der Waals surface area (Å²) in [5.41, 5.74) is 1.07. The molecule has 0 heterocycles. The molecule has 0 amide bonds. The predicted octanol–water partition coefficient (Wildman–Crippen LogP) is 2.15. The zero-order chi connectivity index (χ0) is 11.8. The molecule has 1 N–H and O–H groups in total. The Bertz CT molecular complexity index is 305. The van der Waals surface area contributed by atoms with Crippen molar-refractivity contribution in [3.8, 4) is 5.75 Å². The van der Waals surface area contributed by atoms with E-state index in [0.717, 1.165) is 11.3 Å². The van der Waals surface area contributed by atoms with E-state index in [1.165, 1.54) is 0 Å². The van der Waals surface area contributed by atoms with E-state index in [1.807, 2.05) is 24.3 Å². The van der Waals surface area contributed by atoms with Gasteiger partial charge in [-0.15, -0.1) is 6.58 Å². The Morgan fingerprint density at radius 1 is 1.38 bits per heavy atom. The number of aliphatic hydroxyl groups excluding tert-OH is 1. The van der Waals surface area contributed by atoms with E-state index < -0.39 is 0 Å². The lowest BCUT2D eigenvalue weighted by molar-refractivity contribution is 0.0546. The second kappa shape index (κ2) is 7.04. The molecule has 1 aromatic carbocycles. The van der Waals surface area contributed by atoms with E-state index in [0.29, 0.717) is 13.0 Å². The maximum absolute atomic E-state index is 8.79. The summed E-state index contributed by atoms with van der Waals surface area (Å²) in [6.07, 6.45) is 2.20. The van der Waals surface area contributed by atoms with Gasteiger partial charge in [0.25, 0.3) is 0 Å². The Morgan fingerprint density at radius 2 is 2.06 bits per heavy atom. The molecule has 0 radical (unpaired) electrons. The van der Waals surface area contributed by atoms with Crippen LogP contribution in [-0.4, -0.2) is 24.9 Å². The van der Waals surface area contributed by atoms with Gasteiger partial charge in [0.15, 0.2) is 0 Å². The number of methoxy groups -OCH3 is 1. The van der Waals surface area contributed by atoms with E-state index in [-0.39, 0.29) is 12.7 Å². The maximum Gasteiger partial charge on any atom is 0.118 e. The fourth-order valence-corrected chi connectivity index (χ4v) is 1.32. The van der Waals surface area contributed by atoms with Crippen molar-refractivity contribution in [2.45, 2.75) is 19.1 Å². The van der Waals surface area contributed by atoms with Crippen LogP contribution in [0.3, 0.4) is 0 Å². The van der Waals surface area contributed by atoms with Crippen molar-refractivity contribution in [2.24, 2.45) is 0 Å². The summed E-state index contributed by atoms with van der Waals surface area (Å²) in [6.45, 7) is 4.29. The predicted molar refractivity (Wildman–Crippen MR) is 63.5 cm³/mol. The van der Waals surface area contributed by atoms with E-state index in [9.17, 15) is 0 Å². The van der Waals surface area contributed by atoms with Gasteiger partial charge in [0.1, 0.15) is 5.75 Å². The van der Waals surface area contributed by atoms with E-state index in [1.54, 1.807) is 13.2 Å². The second-order valence-electron chi connectivity index (χ2n) is 3.45. The Morgan fingerprint density at radius 3 is 2.56 bits per heavy atom. The molecule has 3 nitrogen and oxygen atoms in total. The van der Waals surface area contributed by atoms with Crippen LogP contribution in [-0.2, 0) is 11.3 Å². The summed E-state index contributed by atoms with van der Waals surface area (Å²) in [5, 5.41) is 8.79. The molecule has 0 unspecified atom stereocenters. The number of aliphatic hydroxyl groups is 1. The monoisotopic (exact) mass is 222 g/mol. The highest BCUT2D eigenvalue weighted by molar-refractivity contribution is 5.26. The Hall–Kier alpha value is -1.32. The number of rotatable bonds is 7. The molecule has 0 aliphatic rings. The molecule has 0 aliphatic heterocycles. The van der Waals surface area contributed by atoms with Crippen LogP contribution < -0.4 is 4.74 Å². The van der Waals surface area contributed by atoms with E-state index in [2.05, 4.69) is 6.58 Å². The highest BCUT2D eigenvalue weighted by atomic mass is 16.5. The Labute approximate surface area is 96.3 Å². The number of hydrogen-bond donors (Lipinski definition) is 1. The fraction of sp³-hybridized carbons (Fsp3) is 0.385. The van der Waals surface area contributed by atoms with Crippen LogP contribution >= 0.6 is 0 Å². The van der Waals surface area contributed by atoms with Crippen molar-refractivity contribution in [2.75, 3.05) is 13.7 Å². The van der Waals surface area contributed by atoms with Gasteiger partial charge >= 0.3 is 0 Å². The molecular weight excluding hydrogens is 204 g/mol. The molecule has 0 bridgehead atoms. The largest absolute Gasteiger partial charge is 0.497 e. The van der Waals surface area contributed by atoms with Gasteiger partial charge in [-0.2, -0.15) is 0 Å². The number of ether oxygens (including phenoxy) is 2. The SMILES string of the molecule is C=C[C@H](CCO)OCc1ccc(OC)cc1. The average molecular weight is 222 g/mol. The highest BCUT2D eigenvalue weighted by Crippen LogP contribution is 2.13. The second-order valence-corrected chi connectivity index (χ2v) is 3.45. The Balaban J connectivity index is 2.43. The van der Waals surface area contributed by atoms with Gasteiger partial charge in [-0.05, 0) is 17.7 Å². The summed E-state index contributed by atoms with van der Waals surface area (Å²) in [4.78, 5) is 0. The van der Waals surface area contributed by atoms with Gasteiger partial charge < -0.3 is 14.6 Å². The van der Waals surface area contributed by atoms with Crippen LogP contribution in [0.5, 0.6) is 5.75 Å². The minimum atomic E-state index is -0.0906. The van der Waals surface area contributed by atoms with Gasteiger partial charge in [0.2, 0.25) is 0 Å². The summed E-state index contributed by atoms with van der Waals surface area (Å²) in [6, 6.07) is 7.71. The van der Waals surface area contributed by atoms with Crippen LogP contribution in [0, 0.1) is 0 Å². The van der Waals surface area contributed by atoms with Gasteiger partial charge in [0, 0.05) is 13.0 Å². The molecular formula is C13H18O3. The third-order valence-corrected chi connectivity index (χ3v) is 2.30. The fourth-order valence-electron chi connectivity index (χ4n) is 1.32. The summed E-state index contributed by atoms with van der Waals surface area (Å²) in [5.74, 6) is 0.833.